The van der Waals surface area contributed by atoms with Crippen molar-refractivity contribution in [2.45, 2.75) is 13.8 Å². The monoisotopic (exact) mass is 412 g/mol. The van der Waals surface area contributed by atoms with E-state index in [1.165, 1.54) is 12.1 Å². The summed E-state index contributed by atoms with van der Waals surface area (Å²) in [5, 5.41) is 6.03. The maximum atomic E-state index is 13.1. The van der Waals surface area contributed by atoms with Crippen molar-refractivity contribution >= 4 is 23.2 Å². The van der Waals surface area contributed by atoms with Crippen LogP contribution in [0, 0.1) is 11.7 Å². The largest absolute Gasteiger partial charge is 0.376 e. The Hall–Kier alpha value is -3.09. The Kier molecular flexibility index (Phi) is 7.27. The van der Waals surface area contributed by atoms with E-state index < -0.39 is 0 Å². The molecule has 0 unspecified atom stereocenters. The minimum Gasteiger partial charge on any atom is -0.376 e. The minimum absolute atomic E-state index is 0.00820. The molecule has 2 aromatic carbocycles. The number of nitrogens with one attached hydrogen (secondary N) is 2. The summed E-state index contributed by atoms with van der Waals surface area (Å²) in [6, 6.07) is 13.6. The Morgan fingerprint density at radius 1 is 1.00 bits per heavy atom. The molecule has 0 radical (unpaired) electrons. The summed E-state index contributed by atoms with van der Waals surface area (Å²) in [5.74, 6) is -0.0423. The van der Waals surface area contributed by atoms with Gasteiger partial charge in [-0.3, -0.25) is 9.59 Å². The Labute approximate surface area is 177 Å². The van der Waals surface area contributed by atoms with E-state index in [-0.39, 0.29) is 24.2 Å². The SMILES string of the molecule is CC(C)CNC(=O)c1ccccc1NCC(=O)N1CCN(c2ccc(F)cc2)CC1. The van der Waals surface area contributed by atoms with E-state index in [2.05, 4.69) is 15.5 Å². The molecule has 0 aliphatic carbocycles. The predicted octanol–water partition coefficient (Wildman–Crippen LogP) is 2.97. The first-order valence-corrected chi connectivity index (χ1v) is 10.3. The van der Waals surface area contributed by atoms with Crippen molar-refractivity contribution in [3.63, 3.8) is 0 Å². The highest BCUT2D eigenvalue weighted by atomic mass is 19.1. The molecule has 0 atom stereocenters. The van der Waals surface area contributed by atoms with Crippen molar-refractivity contribution in [3.05, 3.63) is 59.9 Å². The zero-order valence-electron chi connectivity index (χ0n) is 17.5. The lowest BCUT2D eigenvalue weighted by molar-refractivity contribution is -0.129. The van der Waals surface area contributed by atoms with Crippen molar-refractivity contribution in [3.8, 4) is 0 Å². The van der Waals surface area contributed by atoms with E-state index in [9.17, 15) is 14.0 Å². The normalized spacial score (nSPS) is 14.0. The van der Waals surface area contributed by atoms with Crippen LogP contribution in [0.3, 0.4) is 0 Å². The molecule has 0 aromatic heterocycles. The summed E-state index contributed by atoms with van der Waals surface area (Å²) in [7, 11) is 0. The third-order valence-electron chi connectivity index (χ3n) is 5.10. The molecular weight excluding hydrogens is 383 g/mol. The highest BCUT2D eigenvalue weighted by molar-refractivity contribution is 6.00. The topological polar surface area (TPSA) is 64.7 Å². The summed E-state index contributed by atoms with van der Waals surface area (Å²) < 4.78 is 13.1. The second kappa shape index (κ2) is 10.1. The maximum absolute atomic E-state index is 13.1. The van der Waals surface area contributed by atoms with Crippen LogP contribution in [0.25, 0.3) is 0 Å². The number of rotatable bonds is 7. The molecule has 6 nitrogen and oxygen atoms in total. The lowest BCUT2D eigenvalue weighted by Gasteiger charge is -2.36. The van der Waals surface area contributed by atoms with Crippen molar-refractivity contribution in [1.82, 2.24) is 10.2 Å². The maximum Gasteiger partial charge on any atom is 0.253 e. The number of piperazine rings is 1. The number of carbonyl (C=O) groups excluding carboxylic acids is 2. The Morgan fingerprint density at radius 2 is 1.67 bits per heavy atom. The average molecular weight is 413 g/mol. The molecule has 2 N–H and O–H groups in total. The molecule has 0 spiro atoms. The Balaban J connectivity index is 1.52. The molecule has 1 aliphatic rings. The Bertz CT molecular complexity index is 862. The number of anilines is 2. The molecule has 1 heterocycles. The van der Waals surface area contributed by atoms with Crippen LogP contribution >= 0.6 is 0 Å². The molecule has 1 aliphatic heterocycles. The van der Waals surface area contributed by atoms with Gasteiger partial charge in [0.15, 0.2) is 0 Å². The van der Waals surface area contributed by atoms with Crippen LogP contribution in [0.15, 0.2) is 48.5 Å². The van der Waals surface area contributed by atoms with E-state index in [0.29, 0.717) is 49.9 Å². The third kappa shape index (κ3) is 5.72. The van der Waals surface area contributed by atoms with Gasteiger partial charge in [0.2, 0.25) is 5.91 Å². The average Bonchev–Trinajstić information content (AvgIpc) is 2.76. The fourth-order valence-electron chi connectivity index (χ4n) is 3.38. The first-order valence-electron chi connectivity index (χ1n) is 10.3. The smallest absolute Gasteiger partial charge is 0.253 e. The number of halogens is 1. The van der Waals surface area contributed by atoms with Crippen molar-refractivity contribution in [2.75, 3.05) is 49.5 Å². The van der Waals surface area contributed by atoms with Crippen molar-refractivity contribution < 1.29 is 14.0 Å². The summed E-state index contributed by atoms with van der Waals surface area (Å²) in [4.78, 5) is 29.0. The van der Waals surface area contributed by atoms with E-state index >= 15 is 0 Å². The quantitative estimate of drug-likeness (QED) is 0.734. The number of carbonyl (C=O) groups is 2. The molecule has 7 heteroatoms. The van der Waals surface area contributed by atoms with Crippen LogP contribution < -0.4 is 15.5 Å². The van der Waals surface area contributed by atoms with Crippen molar-refractivity contribution in [1.29, 1.82) is 0 Å². The van der Waals surface area contributed by atoms with Gasteiger partial charge >= 0.3 is 0 Å². The second-order valence-electron chi connectivity index (χ2n) is 7.85. The van der Waals surface area contributed by atoms with Crippen LogP contribution in [0.1, 0.15) is 24.2 Å². The van der Waals surface area contributed by atoms with Gasteiger partial charge in [0.05, 0.1) is 12.1 Å². The zero-order valence-corrected chi connectivity index (χ0v) is 17.5. The molecule has 0 bridgehead atoms. The van der Waals surface area contributed by atoms with Gasteiger partial charge in [-0.05, 0) is 42.3 Å². The zero-order chi connectivity index (χ0) is 21.5. The molecule has 2 aromatic rings. The highest BCUT2D eigenvalue weighted by Crippen LogP contribution is 2.18. The second-order valence-corrected chi connectivity index (χ2v) is 7.85. The Morgan fingerprint density at radius 3 is 2.33 bits per heavy atom. The van der Waals surface area contributed by atoms with Crippen LogP contribution in [-0.2, 0) is 4.79 Å². The lowest BCUT2D eigenvalue weighted by atomic mass is 10.1. The summed E-state index contributed by atoms with van der Waals surface area (Å²) in [6.45, 7) is 7.42. The van der Waals surface area contributed by atoms with Gasteiger partial charge in [0, 0.05) is 44.1 Å². The van der Waals surface area contributed by atoms with Gasteiger partial charge < -0.3 is 20.4 Å². The van der Waals surface area contributed by atoms with Gasteiger partial charge in [-0.2, -0.15) is 0 Å². The number of benzene rings is 2. The van der Waals surface area contributed by atoms with Gasteiger partial charge in [-0.25, -0.2) is 4.39 Å². The van der Waals surface area contributed by atoms with E-state index in [4.69, 9.17) is 0 Å². The minimum atomic E-state index is -0.253. The third-order valence-corrected chi connectivity index (χ3v) is 5.10. The fourth-order valence-corrected chi connectivity index (χ4v) is 3.38. The number of hydrogen-bond donors (Lipinski definition) is 2. The van der Waals surface area contributed by atoms with E-state index in [1.54, 1.807) is 18.2 Å². The van der Waals surface area contributed by atoms with Crippen LogP contribution in [0.2, 0.25) is 0 Å². The first-order chi connectivity index (χ1) is 14.4. The molecule has 1 saturated heterocycles. The van der Waals surface area contributed by atoms with Crippen LogP contribution in [0.5, 0.6) is 0 Å². The van der Waals surface area contributed by atoms with Gasteiger partial charge in [-0.1, -0.05) is 26.0 Å². The van der Waals surface area contributed by atoms with E-state index in [1.807, 2.05) is 36.9 Å². The van der Waals surface area contributed by atoms with Crippen molar-refractivity contribution in [2.24, 2.45) is 5.92 Å². The summed E-state index contributed by atoms with van der Waals surface area (Å²) in [6.07, 6.45) is 0. The first kappa shape index (κ1) is 21.6. The van der Waals surface area contributed by atoms with Crippen LogP contribution in [-0.4, -0.2) is 56.0 Å². The molecule has 3 rings (SSSR count). The predicted molar refractivity (Wildman–Crippen MR) is 117 cm³/mol. The number of nitrogens with zero attached hydrogens (tertiary/aromatic N) is 2. The van der Waals surface area contributed by atoms with Gasteiger partial charge in [-0.15, -0.1) is 0 Å². The summed E-state index contributed by atoms with van der Waals surface area (Å²) >= 11 is 0. The number of para-hydroxylation sites is 1. The molecular formula is C23H29FN4O2. The molecule has 160 valence electrons. The molecule has 0 saturated carbocycles. The summed E-state index contributed by atoms with van der Waals surface area (Å²) in [5.41, 5.74) is 2.15. The molecule has 30 heavy (non-hydrogen) atoms. The number of hydrogen-bond acceptors (Lipinski definition) is 4. The fraction of sp³-hybridized carbons (Fsp3) is 0.391. The van der Waals surface area contributed by atoms with Gasteiger partial charge in [0.25, 0.3) is 5.91 Å². The van der Waals surface area contributed by atoms with Gasteiger partial charge in [0.1, 0.15) is 5.82 Å². The molecule has 2 amide bonds. The van der Waals surface area contributed by atoms with E-state index in [0.717, 1.165) is 5.69 Å². The number of amides is 2. The standard InChI is InChI=1S/C23H29FN4O2/c1-17(2)15-26-23(30)20-5-3-4-6-21(20)25-16-22(29)28-13-11-27(12-14-28)19-9-7-18(24)8-10-19/h3-10,17,25H,11-16H2,1-2H3,(H,26,30). The molecule has 1 fully saturated rings. The highest BCUT2D eigenvalue weighted by Gasteiger charge is 2.21. The van der Waals surface area contributed by atoms with Crippen LogP contribution in [0.4, 0.5) is 15.8 Å². The lowest BCUT2D eigenvalue weighted by Crippen LogP contribution is -2.50.